The minimum Gasteiger partial charge on any atom is -0.490 e. The number of fused-ring (bicyclic) bond motifs is 1. The van der Waals surface area contributed by atoms with Crippen LogP contribution >= 0.6 is 11.6 Å². The van der Waals surface area contributed by atoms with Crippen LogP contribution in [-0.2, 0) is 20.7 Å². The van der Waals surface area contributed by atoms with E-state index in [1.54, 1.807) is 42.5 Å². The third kappa shape index (κ3) is 6.99. The van der Waals surface area contributed by atoms with Crippen LogP contribution < -0.4 is 14.8 Å². The molecule has 4 aromatic rings. The molecule has 0 radical (unpaired) electrons. The van der Waals surface area contributed by atoms with Crippen LogP contribution in [0.25, 0.3) is 21.9 Å². The molecule has 1 saturated heterocycles. The molecule has 0 spiro atoms. The van der Waals surface area contributed by atoms with Crippen LogP contribution in [0.2, 0.25) is 5.02 Å². The summed E-state index contributed by atoms with van der Waals surface area (Å²) in [6, 6.07) is 19.8. The summed E-state index contributed by atoms with van der Waals surface area (Å²) in [5.41, 5.74) is 0.964. The monoisotopic (exact) mass is 653 g/mol. The number of nitrogens with zero attached hydrogens (tertiary/aromatic N) is 1. The summed E-state index contributed by atoms with van der Waals surface area (Å²) < 4.78 is 68.1. The fourth-order valence-corrected chi connectivity index (χ4v) is 7.26. The van der Waals surface area contributed by atoms with Crippen molar-refractivity contribution in [1.29, 1.82) is 0 Å². The van der Waals surface area contributed by atoms with Gasteiger partial charge in [0, 0.05) is 36.8 Å². The molecule has 2 aliphatic rings. The molecule has 1 heterocycles. The number of hydrogen-bond acceptors (Lipinski definition) is 5. The van der Waals surface area contributed by atoms with Crippen molar-refractivity contribution in [3.63, 3.8) is 0 Å². The fraction of sp³-hybridized carbons (Fsp3) is 0.324. The molecule has 1 saturated carbocycles. The van der Waals surface area contributed by atoms with Crippen molar-refractivity contribution < 1.29 is 26.7 Å². The number of piperazine rings is 1. The molecule has 1 atom stereocenters. The van der Waals surface area contributed by atoms with Crippen molar-refractivity contribution in [3.05, 3.63) is 95.5 Å². The number of alkyl halides is 2. The smallest absolute Gasteiger partial charge is 0.298 e. The number of sulfonamides is 1. The molecule has 45 heavy (non-hydrogen) atoms. The molecule has 2 N–H and O–H groups in total. The van der Waals surface area contributed by atoms with E-state index in [4.69, 9.17) is 16.3 Å². The third-order valence-corrected chi connectivity index (χ3v) is 10.1. The minimum absolute atomic E-state index is 0.173. The molecule has 11 heteroatoms. The van der Waals surface area contributed by atoms with E-state index in [9.17, 15) is 13.2 Å². The Bertz CT molecular complexity index is 1770. The van der Waals surface area contributed by atoms with Crippen LogP contribution in [0, 0.1) is 0 Å². The van der Waals surface area contributed by atoms with Crippen LogP contribution in [0.15, 0.2) is 89.8 Å². The maximum atomic E-state index is 16.3. The quantitative estimate of drug-likeness (QED) is 0.220. The van der Waals surface area contributed by atoms with Gasteiger partial charge in [-0.15, -0.1) is 0 Å². The Balaban J connectivity index is 1.28. The number of ether oxygens (including phenoxy) is 1. The van der Waals surface area contributed by atoms with Gasteiger partial charge in [-0.05, 0) is 84.0 Å². The van der Waals surface area contributed by atoms with Gasteiger partial charge in [0.05, 0.1) is 11.0 Å². The van der Waals surface area contributed by atoms with Gasteiger partial charge in [-0.25, -0.2) is 8.42 Å². The first-order valence-corrected chi connectivity index (χ1v) is 16.9. The van der Waals surface area contributed by atoms with E-state index in [-0.39, 0.29) is 24.1 Å². The molecule has 236 valence electrons. The van der Waals surface area contributed by atoms with Crippen molar-refractivity contribution in [2.45, 2.75) is 48.6 Å². The van der Waals surface area contributed by atoms with Gasteiger partial charge >= 0.3 is 0 Å². The van der Waals surface area contributed by atoms with E-state index < -0.39 is 33.5 Å². The zero-order valence-electron chi connectivity index (χ0n) is 24.5. The number of rotatable bonds is 9. The van der Waals surface area contributed by atoms with Gasteiger partial charge in [-0.2, -0.15) is 13.5 Å². The van der Waals surface area contributed by atoms with E-state index in [1.807, 2.05) is 6.07 Å². The zero-order valence-corrected chi connectivity index (χ0v) is 26.1. The Kier molecular flexibility index (Phi) is 9.10. The van der Waals surface area contributed by atoms with Crippen LogP contribution in [-0.4, -0.2) is 57.5 Å². The predicted molar refractivity (Wildman–Crippen MR) is 171 cm³/mol. The molecule has 0 unspecified atom stereocenters. The predicted octanol–water partition coefficient (Wildman–Crippen LogP) is 6.35. The van der Waals surface area contributed by atoms with Crippen molar-refractivity contribution in [2.24, 2.45) is 0 Å². The van der Waals surface area contributed by atoms with Crippen molar-refractivity contribution in [1.82, 2.24) is 14.9 Å². The zero-order chi connectivity index (χ0) is 31.6. The van der Waals surface area contributed by atoms with Crippen LogP contribution in [0.4, 0.5) is 8.78 Å². The van der Waals surface area contributed by atoms with Crippen LogP contribution in [0.3, 0.4) is 0 Å². The number of amides is 1. The summed E-state index contributed by atoms with van der Waals surface area (Å²) in [5, 5.41) is 4.99. The number of carbonyl (C=O) groups excluding carboxylic acids is 1. The molecule has 7 nitrogen and oxygen atoms in total. The molecule has 1 aliphatic carbocycles. The normalized spacial score (nSPS) is 17.0. The molecule has 4 aromatic carbocycles. The molecule has 1 amide bonds. The molecular weight excluding hydrogens is 620 g/mol. The Morgan fingerprint density at radius 3 is 2.16 bits per heavy atom. The van der Waals surface area contributed by atoms with Gasteiger partial charge in [0.15, 0.2) is 6.04 Å². The van der Waals surface area contributed by atoms with E-state index >= 15 is 8.78 Å². The Labute approximate surface area is 266 Å². The summed E-state index contributed by atoms with van der Waals surface area (Å²) >= 11 is 5.97. The minimum atomic E-state index is -4.55. The molecule has 0 bridgehead atoms. The van der Waals surface area contributed by atoms with Crippen molar-refractivity contribution >= 4 is 38.3 Å². The standard InChI is InChI=1S/C34H34ClF2N3O4S/c35-28-13-7-24(8-14-28)23-5-11-27(12-6-23)34(36,37)32(33(41)40-19-17-38-18-20-40)39-45(42,43)31-16-10-25-21-30(15-9-26(25)22-31)44-29-3-1-2-4-29/h5-16,21-22,29,32,38-39H,1-4,17-20H2/t32-/m0/s1. The number of carbonyl (C=O) groups is 1. The lowest BCUT2D eigenvalue weighted by molar-refractivity contribution is -0.144. The van der Waals surface area contributed by atoms with Crippen molar-refractivity contribution in [3.8, 4) is 16.9 Å². The molecule has 0 aromatic heterocycles. The highest BCUT2D eigenvalue weighted by atomic mass is 35.5. The first-order valence-electron chi connectivity index (χ1n) is 15.1. The average Bonchev–Trinajstić information content (AvgIpc) is 3.57. The SMILES string of the molecule is O=C([C@H](NS(=O)(=O)c1ccc2cc(OC3CCCC3)ccc2c1)C(F)(F)c1ccc(-c2ccc(Cl)cc2)cc1)N1CCNCC1. The van der Waals surface area contributed by atoms with Crippen LogP contribution in [0.1, 0.15) is 31.2 Å². The summed E-state index contributed by atoms with van der Waals surface area (Å²) in [4.78, 5) is 14.7. The van der Waals surface area contributed by atoms with Gasteiger partial charge in [-0.3, -0.25) is 4.79 Å². The maximum absolute atomic E-state index is 16.3. The Hall–Kier alpha value is -3.57. The van der Waals surface area contributed by atoms with E-state index in [2.05, 4.69) is 10.0 Å². The number of benzene rings is 4. The lowest BCUT2D eigenvalue weighted by atomic mass is 9.97. The molecular formula is C34H34ClF2N3O4S. The van der Waals surface area contributed by atoms with Gasteiger partial charge in [0.1, 0.15) is 5.75 Å². The molecule has 1 aliphatic heterocycles. The topological polar surface area (TPSA) is 87.7 Å². The average molecular weight is 654 g/mol. The lowest BCUT2D eigenvalue weighted by Gasteiger charge is -2.34. The van der Waals surface area contributed by atoms with E-state index in [0.717, 1.165) is 36.6 Å². The summed E-state index contributed by atoms with van der Waals surface area (Å²) in [6.45, 7) is 1.21. The lowest BCUT2D eigenvalue weighted by Crippen LogP contribution is -2.59. The van der Waals surface area contributed by atoms with E-state index in [1.165, 1.54) is 41.3 Å². The Morgan fingerprint density at radius 2 is 1.49 bits per heavy atom. The highest BCUT2D eigenvalue weighted by Crippen LogP contribution is 2.36. The second kappa shape index (κ2) is 13.0. The molecule has 2 fully saturated rings. The van der Waals surface area contributed by atoms with Gasteiger partial charge in [0.2, 0.25) is 15.9 Å². The van der Waals surface area contributed by atoms with E-state index in [0.29, 0.717) is 34.8 Å². The fourth-order valence-electron chi connectivity index (χ4n) is 5.91. The highest BCUT2D eigenvalue weighted by molar-refractivity contribution is 7.89. The number of hydrogen-bond donors (Lipinski definition) is 2. The first-order chi connectivity index (χ1) is 21.6. The summed E-state index contributed by atoms with van der Waals surface area (Å²) in [6.07, 6.45) is 4.46. The number of nitrogens with one attached hydrogen (secondary N) is 2. The highest BCUT2D eigenvalue weighted by Gasteiger charge is 2.49. The second-order valence-electron chi connectivity index (χ2n) is 11.5. The first kappa shape index (κ1) is 31.4. The van der Waals surface area contributed by atoms with Gasteiger partial charge in [-0.1, -0.05) is 60.1 Å². The largest absolute Gasteiger partial charge is 0.490 e. The van der Waals surface area contributed by atoms with Gasteiger partial charge < -0.3 is 15.0 Å². The summed E-state index contributed by atoms with van der Waals surface area (Å²) in [7, 11) is -4.55. The maximum Gasteiger partial charge on any atom is 0.298 e. The summed E-state index contributed by atoms with van der Waals surface area (Å²) in [5.74, 6) is -4.15. The van der Waals surface area contributed by atoms with Crippen LogP contribution in [0.5, 0.6) is 5.75 Å². The van der Waals surface area contributed by atoms with Gasteiger partial charge in [0.25, 0.3) is 5.92 Å². The van der Waals surface area contributed by atoms with Crippen molar-refractivity contribution in [2.75, 3.05) is 26.2 Å². The second-order valence-corrected chi connectivity index (χ2v) is 13.7. The molecule has 6 rings (SSSR count). The Morgan fingerprint density at radius 1 is 0.889 bits per heavy atom. The third-order valence-electron chi connectivity index (χ3n) is 8.46. The number of halogens is 3.